The number of piperidine rings is 1. The normalized spacial score (nSPS) is 23.0. The summed E-state index contributed by atoms with van der Waals surface area (Å²) < 4.78 is 1.82. The van der Waals surface area contributed by atoms with Crippen molar-refractivity contribution >= 4 is 18.3 Å². The fourth-order valence-electron chi connectivity index (χ4n) is 2.30. The van der Waals surface area contributed by atoms with Gasteiger partial charge in [-0.1, -0.05) is 0 Å². The van der Waals surface area contributed by atoms with E-state index in [1.165, 1.54) is 0 Å². The highest BCUT2D eigenvalue weighted by Crippen LogP contribution is 2.14. The number of carbonyl (C=O) groups is 1. The summed E-state index contributed by atoms with van der Waals surface area (Å²) in [6, 6.07) is 0.537. The third-order valence-corrected chi connectivity index (χ3v) is 3.61. The predicted octanol–water partition coefficient (Wildman–Crippen LogP) is 1.93. The Morgan fingerprint density at radius 1 is 1.50 bits per heavy atom. The minimum Gasteiger partial charge on any atom is -0.348 e. The van der Waals surface area contributed by atoms with E-state index in [0.717, 1.165) is 19.4 Å². The average molecular weight is 301 g/mol. The van der Waals surface area contributed by atoms with Crippen LogP contribution in [0, 0.1) is 0 Å². The third-order valence-electron chi connectivity index (χ3n) is 3.61. The maximum Gasteiger partial charge on any atom is 0.254 e. The molecule has 2 rings (SSSR count). The molecule has 0 saturated carbocycles. The van der Waals surface area contributed by atoms with Gasteiger partial charge in [0.2, 0.25) is 0 Å². The Hall–Kier alpha value is -1.07. The summed E-state index contributed by atoms with van der Waals surface area (Å²) in [5.41, 5.74) is 0.533. The molecule has 6 heteroatoms. The highest BCUT2D eigenvalue weighted by molar-refractivity contribution is 5.93. The Balaban J connectivity index is 0.00000200. The molecule has 5 nitrogen and oxygen atoms in total. The van der Waals surface area contributed by atoms with Crippen LogP contribution in [0.4, 0.5) is 0 Å². The summed E-state index contributed by atoms with van der Waals surface area (Å²) >= 11 is 0. The van der Waals surface area contributed by atoms with Crippen LogP contribution in [0.25, 0.3) is 0 Å². The number of aromatic nitrogens is 2. The molecule has 2 heterocycles. The van der Waals surface area contributed by atoms with Gasteiger partial charge in [0.15, 0.2) is 0 Å². The summed E-state index contributed by atoms with van der Waals surface area (Å²) in [6.45, 7) is 9.34. The number of halogens is 1. The van der Waals surface area contributed by atoms with Crippen molar-refractivity contribution in [3.8, 4) is 0 Å². The largest absolute Gasteiger partial charge is 0.348 e. The van der Waals surface area contributed by atoms with Crippen LogP contribution in [0.2, 0.25) is 0 Å². The molecular formula is C14H25ClN4O. The first-order valence-electron chi connectivity index (χ1n) is 6.97. The lowest BCUT2D eigenvalue weighted by atomic mass is 9.99. The van der Waals surface area contributed by atoms with E-state index in [9.17, 15) is 4.79 Å². The molecule has 2 unspecified atom stereocenters. The number of amides is 1. The van der Waals surface area contributed by atoms with Gasteiger partial charge >= 0.3 is 0 Å². The third kappa shape index (κ3) is 3.96. The van der Waals surface area contributed by atoms with Gasteiger partial charge in [-0.3, -0.25) is 9.48 Å². The maximum atomic E-state index is 12.2. The first kappa shape index (κ1) is 17.0. The number of carbonyl (C=O) groups excluding carboxylic acids is 1. The van der Waals surface area contributed by atoms with Crippen LogP contribution in [0.3, 0.4) is 0 Å². The number of hydrogen-bond acceptors (Lipinski definition) is 3. The van der Waals surface area contributed by atoms with E-state index in [0.29, 0.717) is 11.6 Å². The lowest BCUT2D eigenvalue weighted by molar-refractivity contribution is 0.0919. The fourth-order valence-corrected chi connectivity index (χ4v) is 2.30. The van der Waals surface area contributed by atoms with Crippen LogP contribution in [-0.2, 0) is 5.54 Å². The van der Waals surface area contributed by atoms with Crippen molar-refractivity contribution in [1.82, 2.24) is 20.4 Å². The molecule has 20 heavy (non-hydrogen) atoms. The van der Waals surface area contributed by atoms with E-state index in [1.807, 2.05) is 10.9 Å². The first-order chi connectivity index (χ1) is 8.88. The lowest BCUT2D eigenvalue weighted by Crippen LogP contribution is -2.51. The summed E-state index contributed by atoms with van der Waals surface area (Å²) in [4.78, 5) is 12.2. The van der Waals surface area contributed by atoms with Crippen molar-refractivity contribution < 1.29 is 4.79 Å². The van der Waals surface area contributed by atoms with Gasteiger partial charge in [-0.2, -0.15) is 5.10 Å². The van der Waals surface area contributed by atoms with Crippen molar-refractivity contribution in [3.05, 3.63) is 18.0 Å². The number of nitrogens with one attached hydrogen (secondary N) is 2. The Bertz CT molecular complexity index is 452. The Kier molecular flexibility index (Phi) is 5.59. The second-order valence-electron chi connectivity index (χ2n) is 6.31. The topological polar surface area (TPSA) is 58.9 Å². The van der Waals surface area contributed by atoms with Gasteiger partial charge in [0.1, 0.15) is 0 Å². The molecule has 0 aromatic carbocycles. The van der Waals surface area contributed by atoms with Crippen molar-refractivity contribution in [1.29, 1.82) is 0 Å². The Labute approximate surface area is 126 Å². The van der Waals surface area contributed by atoms with E-state index in [4.69, 9.17) is 0 Å². The molecule has 1 amide bonds. The van der Waals surface area contributed by atoms with E-state index < -0.39 is 0 Å². The molecule has 0 spiro atoms. The van der Waals surface area contributed by atoms with Gasteiger partial charge in [0.05, 0.1) is 17.3 Å². The van der Waals surface area contributed by atoms with Gasteiger partial charge in [0.25, 0.3) is 5.91 Å². The summed E-state index contributed by atoms with van der Waals surface area (Å²) in [5.74, 6) is -0.0314. The summed E-state index contributed by atoms with van der Waals surface area (Å²) in [5, 5.41) is 10.7. The summed E-state index contributed by atoms with van der Waals surface area (Å²) in [6.07, 6.45) is 5.60. The van der Waals surface area contributed by atoms with Crippen molar-refractivity contribution in [3.63, 3.8) is 0 Å². The van der Waals surface area contributed by atoms with Crippen molar-refractivity contribution in [2.24, 2.45) is 0 Å². The number of nitrogens with zero attached hydrogens (tertiary/aromatic N) is 2. The van der Waals surface area contributed by atoms with Crippen LogP contribution >= 0.6 is 12.4 Å². The van der Waals surface area contributed by atoms with E-state index in [-0.39, 0.29) is 29.9 Å². The summed E-state index contributed by atoms with van der Waals surface area (Å²) in [7, 11) is 0. The minimum absolute atomic E-state index is 0. The van der Waals surface area contributed by atoms with Crippen LogP contribution in [0.15, 0.2) is 12.4 Å². The SMILES string of the molecule is CC1NCCCC1NC(=O)c1cnn(C(C)(C)C)c1.Cl. The fraction of sp³-hybridized carbons (Fsp3) is 0.714. The highest BCUT2D eigenvalue weighted by Gasteiger charge is 2.24. The molecule has 2 atom stereocenters. The Morgan fingerprint density at radius 2 is 2.20 bits per heavy atom. The zero-order valence-corrected chi connectivity index (χ0v) is 13.5. The van der Waals surface area contributed by atoms with Crippen molar-refractivity contribution in [2.45, 2.75) is 58.2 Å². The van der Waals surface area contributed by atoms with Gasteiger partial charge in [0, 0.05) is 18.3 Å². The zero-order chi connectivity index (χ0) is 14.0. The number of rotatable bonds is 2. The van der Waals surface area contributed by atoms with Gasteiger partial charge in [-0.15, -0.1) is 12.4 Å². The first-order valence-corrected chi connectivity index (χ1v) is 6.97. The van der Waals surface area contributed by atoms with Gasteiger partial charge in [-0.05, 0) is 47.1 Å². The smallest absolute Gasteiger partial charge is 0.254 e. The van der Waals surface area contributed by atoms with Gasteiger partial charge < -0.3 is 10.6 Å². The highest BCUT2D eigenvalue weighted by atomic mass is 35.5. The monoisotopic (exact) mass is 300 g/mol. The predicted molar refractivity (Wildman–Crippen MR) is 82.4 cm³/mol. The molecule has 0 aliphatic carbocycles. The van der Waals surface area contributed by atoms with Crippen LogP contribution < -0.4 is 10.6 Å². The molecule has 2 N–H and O–H groups in total. The molecule has 114 valence electrons. The lowest BCUT2D eigenvalue weighted by Gasteiger charge is -2.30. The van der Waals surface area contributed by atoms with Crippen LogP contribution in [-0.4, -0.2) is 34.3 Å². The average Bonchev–Trinajstić information content (AvgIpc) is 2.81. The molecule has 1 aromatic heterocycles. The standard InChI is InChI=1S/C14H24N4O.ClH/c1-10-12(6-5-7-15-10)17-13(19)11-8-16-18(9-11)14(2,3)4;/h8-10,12,15H,5-7H2,1-4H3,(H,17,19);1H. The molecule has 0 bridgehead atoms. The second-order valence-corrected chi connectivity index (χ2v) is 6.31. The molecule has 1 aliphatic heterocycles. The van der Waals surface area contributed by atoms with E-state index in [2.05, 4.69) is 43.4 Å². The van der Waals surface area contributed by atoms with Crippen LogP contribution in [0.5, 0.6) is 0 Å². The second kappa shape index (κ2) is 6.59. The van der Waals surface area contributed by atoms with Gasteiger partial charge in [-0.25, -0.2) is 0 Å². The maximum absolute atomic E-state index is 12.2. The molecule has 1 aromatic rings. The molecule has 1 saturated heterocycles. The van der Waals surface area contributed by atoms with E-state index in [1.54, 1.807) is 6.20 Å². The zero-order valence-electron chi connectivity index (χ0n) is 12.6. The molecule has 0 radical (unpaired) electrons. The van der Waals surface area contributed by atoms with Crippen molar-refractivity contribution in [2.75, 3.05) is 6.54 Å². The minimum atomic E-state index is -0.0990. The quantitative estimate of drug-likeness (QED) is 0.877. The molecule has 1 fully saturated rings. The number of hydrogen-bond donors (Lipinski definition) is 2. The molecular weight excluding hydrogens is 276 g/mol. The van der Waals surface area contributed by atoms with Crippen LogP contribution in [0.1, 0.15) is 50.9 Å². The molecule has 1 aliphatic rings. The van der Waals surface area contributed by atoms with E-state index >= 15 is 0 Å². The Morgan fingerprint density at radius 3 is 2.75 bits per heavy atom.